The first-order valence-electron chi connectivity index (χ1n) is 6.05. The Morgan fingerprint density at radius 2 is 2.06 bits per heavy atom. The zero-order valence-corrected chi connectivity index (χ0v) is 11.6. The molecule has 0 aliphatic heterocycles. The van der Waals surface area contributed by atoms with Crippen molar-refractivity contribution in [3.63, 3.8) is 0 Å². The van der Waals surface area contributed by atoms with Crippen molar-refractivity contribution < 1.29 is 0 Å². The Balaban J connectivity index is 2.21. The van der Waals surface area contributed by atoms with Gasteiger partial charge >= 0.3 is 0 Å². The van der Waals surface area contributed by atoms with Gasteiger partial charge in [-0.3, -0.25) is 0 Å². The molecule has 0 bridgehead atoms. The van der Waals surface area contributed by atoms with Crippen molar-refractivity contribution in [3.05, 3.63) is 54.1 Å². The highest BCUT2D eigenvalue weighted by molar-refractivity contribution is 7.99. The van der Waals surface area contributed by atoms with Crippen LogP contribution in [-0.4, -0.2) is 21.1 Å². The Labute approximate surface area is 112 Å². The van der Waals surface area contributed by atoms with E-state index < -0.39 is 0 Å². The van der Waals surface area contributed by atoms with Crippen molar-refractivity contribution in [2.45, 2.75) is 24.8 Å². The van der Waals surface area contributed by atoms with Crippen molar-refractivity contribution >= 4 is 11.8 Å². The topological polar surface area (TPSA) is 43.8 Å². The van der Waals surface area contributed by atoms with Gasteiger partial charge in [-0.1, -0.05) is 37.3 Å². The zero-order chi connectivity index (χ0) is 13.0. The zero-order valence-electron chi connectivity index (χ0n) is 10.8. The molecular formula is C14H19N3S. The van der Waals surface area contributed by atoms with E-state index in [1.54, 1.807) is 0 Å². The van der Waals surface area contributed by atoms with Crippen LogP contribution in [0.15, 0.2) is 42.9 Å². The first-order chi connectivity index (χ1) is 8.72. The van der Waals surface area contributed by atoms with Crippen LogP contribution in [0.5, 0.6) is 0 Å². The van der Waals surface area contributed by atoms with Gasteiger partial charge < -0.3 is 10.3 Å². The average molecular weight is 261 g/mol. The van der Waals surface area contributed by atoms with E-state index in [2.05, 4.69) is 34.9 Å². The van der Waals surface area contributed by atoms with E-state index in [9.17, 15) is 0 Å². The van der Waals surface area contributed by atoms with Crippen LogP contribution in [0.4, 0.5) is 0 Å². The van der Waals surface area contributed by atoms with Gasteiger partial charge in [0.05, 0.1) is 24.3 Å². The molecule has 96 valence electrons. The molecule has 1 aromatic carbocycles. The molecule has 0 saturated heterocycles. The van der Waals surface area contributed by atoms with Crippen molar-refractivity contribution in [1.82, 2.24) is 9.55 Å². The maximum atomic E-state index is 6.31. The van der Waals surface area contributed by atoms with Crippen LogP contribution in [0.2, 0.25) is 0 Å². The summed E-state index contributed by atoms with van der Waals surface area (Å²) in [6.07, 6.45) is 5.86. The first kappa shape index (κ1) is 13.2. The number of thioether (sulfide) groups is 1. The fraction of sp³-hybridized carbons (Fsp3) is 0.357. The number of benzene rings is 1. The number of nitrogens with two attached hydrogens (primary N) is 1. The highest BCUT2D eigenvalue weighted by Gasteiger charge is 2.14. The third-order valence-electron chi connectivity index (χ3n) is 3.08. The smallest absolute Gasteiger partial charge is 0.0949 e. The number of imidazole rings is 1. The van der Waals surface area contributed by atoms with Crippen molar-refractivity contribution in [2.24, 2.45) is 5.73 Å². The minimum atomic E-state index is -0.109. The Bertz CT molecular complexity index is 481. The Kier molecular flexibility index (Phi) is 4.44. The second kappa shape index (κ2) is 6.07. The molecule has 2 unspecified atom stereocenters. The summed E-state index contributed by atoms with van der Waals surface area (Å²) in [5.41, 5.74) is 8.50. The summed E-state index contributed by atoms with van der Waals surface area (Å²) >= 11 is 1.85. The third kappa shape index (κ3) is 2.94. The molecule has 0 aliphatic carbocycles. The third-order valence-corrected chi connectivity index (χ3v) is 4.03. The van der Waals surface area contributed by atoms with Gasteiger partial charge in [0.1, 0.15) is 0 Å². The fourth-order valence-corrected chi connectivity index (χ4v) is 2.23. The SMILES string of the molecule is CSC(C)Cn1cncc1C(N)c1ccccc1. The fourth-order valence-electron chi connectivity index (χ4n) is 1.93. The molecule has 0 amide bonds. The largest absolute Gasteiger partial charge is 0.332 e. The normalized spacial score (nSPS) is 14.4. The lowest BCUT2D eigenvalue weighted by molar-refractivity contribution is 0.634. The summed E-state index contributed by atoms with van der Waals surface area (Å²) < 4.78 is 2.15. The van der Waals surface area contributed by atoms with E-state index >= 15 is 0 Å². The molecule has 2 rings (SSSR count). The lowest BCUT2D eigenvalue weighted by atomic mass is 10.1. The molecule has 18 heavy (non-hydrogen) atoms. The van der Waals surface area contributed by atoms with E-state index in [-0.39, 0.29) is 6.04 Å². The molecule has 1 heterocycles. The second-order valence-electron chi connectivity index (χ2n) is 4.41. The van der Waals surface area contributed by atoms with Crippen LogP contribution in [-0.2, 0) is 6.54 Å². The predicted molar refractivity (Wildman–Crippen MR) is 77.7 cm³/mol. The standard InChI is InChI=1S/C14H19N3S/c1-11(18-2)9-17-10-16-8-13(17)14(15)12-6-4-3-5-7-12/h3-8,10-11,14H,9,15H2,1-2H3. The van der Waals surface area contributed by atoms with Gasteiger partial charge in [-0.15, -0.1) is 0 Å². The highest BCUT2D eigenvalue weighted by atomic mass is 32.2. The van der Waals surface area contributed by atoms with Crippen LogP contribution >= 0.6 is 11.8 Å². The lowest BCUT2D eigenvalue weighted by Gasteiger charge is -2.17. The predicted octanol–water partition coefficient (Wildman–Crippen LogP) is 2.68. The Morgan fingerprint density at radius 3 is 2.72 bits per heavy atom. The number of rotatable bonds is 5. The molecule has 0 saturated carbocycles. The van der Waals surface area contributed by atoms with Gasteiger partial charge in [0.2, 0.25) is 0 Å². The average Bonchev–Trinajstić information content (AvgIpc) is 2.86. The van der Waals surface area contributed by atoms with Crippen LogP contribution in [0.1, 0.15) is 24.2 Å². The molecule has 1 aromatic heterocycles. The van der Waals surface area contributed by atoms with Gasteiger partial charge in [0, 0.05) is 11.8 Å². The van der Waals surface area contributed by atoms with Gasteiger partial charge in [-0.05, 0) is 11.8 Å². The molecule has 3 nitrogen and oxygen atoms in total. The summed E-state index contributed by atoms with van der Waals surface area (Å²) in [7, 11) is 0. The molecule has 2 N–H and O–H groups in total. The summed E-state index contributed by atoms with van der Waals surface area (Å²) in [6, 6.07) is 10.0. The van der Waals surface area contributed by atoms with Crippen LogP contribution in [0.3, 0.4) is 0 Å². The van der Waals surface area contributed by atoms with Crippen LogP contribution in [0, 0.1) is 0 Å². The van der Waals surface area contributed by atoms with E-state index in [0.29, 0.717) is 5.25 Å². The molecule has 0 radical (unpaired) electrons. The Hall–Kier alpha value is -1.26. The van der Waals surface area contributed by atoms with Gasteiger partial charge in [-0.25, -0.2) is 4.98 Å². The summed E-state index contributed by atoms with van der Waals surface area (Å²) in [6.45, 7) is 3.15. The maximum Gasteiger partial charge on any atom is 0.0949 e. The summed E-state index contributed by atoms with van der Waals surface area (Å²) in [4.78, 5) is 4.23. The van der Waals surface area contributed by atoms with Crippen molar-refractivity contribution in [1.29, 1.82) is 0 Å². The van der Waals surface area contributed by atoms with E-state index in [4.69, 9.17) is 5.73 Å². The summed E-state index contributed by atoms with van der Waals surface area (Å²) in [5, 5.41) is 0.556. The lowest BCUT2D eigenvalue weighted by Crippen LogP contribution is -2.19. The van der Waals surface area contributed by atoms with Gasteiger partial charge in [0.25, 0.3) is 0 Å². The maximum absolute atomic E-state index is 6.31. The minimum Gasteiger partial charge on any atom is -0.332 e. The molecule has 4 heteroatoms. The molecule has 2 aromatic rings. The van der Waals surface area contributed by atoms with Gasteiger partial charge in [0.15, 0.2) is 0 Å². The molecule has 0 spiro atoms. The van der Waals surface area contributed by atoms with E-state index in [1.165, 1.54) is 0 Å². The number of hydrogen-bond donors (Lipinski definition) is 1. The number of aromatic nitrogens is 2. The number of nitrogens with zero attached hydrogens (tertiary/aromatic N) is 2. The van der Waals surface area contributed by atoms with Crippen molar-refractivity contribution in [2.75, 3.05) is 6.26 Å². The van der Waals surface area contributed by atoms with Crippen molar-refractivity contribution in [3.8, 4) is 0 Å². The summed E-state index contributed by atoms with van der Waals surface area (Å²) in [5.74, 6) is 0. The monoisotopic (exact) mass is 261 g/mol. The quantitative estimate of drug-likeness (QED) is 0.900. The highest BCUT2D eigenvalue weighted by Crippen LogP contribution is 2.20. The number of hydrogen-bond acceptors (Lipinski definition) is 3. The first-order valence-corrected chi connectivity index (χ1v) is 7.34. The van der Waals surface area contributed by atoms with Crippen LogP contribution < -0.4 is 5.73 Å². The minimum absolute atomic E-state index is 0.109. The Morgan fingerprint density at radius 1 is 1.33 bits per heavy atom. The second-order valence-corrected chi connectivity index (χ2v) is 5.68. The molecule has 2 atom stereocenters. The van der Waals surface area contributed by atoms with Crippen LogP contribution in [0.25, 0.3) is 0 Å². The molecular weight excluding hydrogens is 242 g/mol. The molecule has 0 aliphatic rings. The van der Waals surface area contributed by atoms with E-state index in [0.717, 1.165) is 17.8 Å². The van der Waals surface area contributed by atoms with Gasteiger partial charge in [-0.2, -0.15) is 11.8 Å². The van der Waals surface area contributed by atoms with E-state index in [1.807, 2.05) is 42.5 Å². The molecule has 0 fully saturated rings.